The number of hydrogen-bond donors (Lipinski definition) is 1. The van der Waals surface area contributed by atoms with Gasteiger partial charge in [-0.2, -0.15) is 0 Å². The van der Waals surface area contributed by atoms with E-state index < -0.39 is 29.2 Å². The second-order valence-corrected chi connectivity index (χ2v) is 12.3. The zero-order valence-corrected chi connectivity index (χ0v) is 26.9. The van der Waals surface area contributed by atoms with E-state index in [4.69, 9.17) is 13.3 Å². The molecule has 52 heavy (non-hydrogen) atoms. The van der Waals surface area contributed by atoms with E-state index in [0.717, 1.165) is 0 Å². The second kappa shape index (κ2) is 11.7. The Morgan fingerprint density at radius 1 is 0.442 bits per heavy atom. The highest BCUT2D eigenvalue weighted by atomic mass is 16.4. The number of hydrogen-bond acceptors (Lipinski definition) is 10. The number of nitrogens with zero attached hydrogens (tertiary/aromatic N) is 1. The molecule has 3 aliphatic rings. The summed E-state index contributed by atoms with van der Waals surface area (Å²) in [4.78, 5) is 66.8. The maximum absolute atomic E-state index is 13.1. The number of aliphatic hydroxyl groups excluding tert-OH is 1. The molecule has 0 aliphatic heterocycles. The maximum atomic E-state index is 13.1. The Kier molecular flexibility index (Phi) is 6.95. The van der Waals surface area contributed by atoms with Crippen molar-refractivity contribution in [2.75, 3.05) is 4.90 Å². The number of carbonyl (C=O) groups excluding carboxylic acids is 5. The fraction of sp³-hybridized carbons (Fsp3) is 0.0238. The largest absolute Gasteiger partial charge is 0.440 e. The zero-order valence-electron chi connectivity index (χ0n) is 26.9. The van der Waals surface area contributed by atoms with E-state index in [2.05, 4.69) is 0 Å². The van der Waals surface area contributed by atoms with Gasteiger partial charge < -0.3 is 18.4 Å². The van der Waals surface area contributed by atoms with E-state index in [1.54, 1.807) is 109 Å². The SMILES string of the molecule is O=C1C(=Cc2ccc(N(c3ccc(C=C4C(=O)c5ccccc5C4=O)o3)c3ccc(/C=C4\C(=O)c5ccccc5C4O)o3)o2)C(=O)c2ccccc21. The molecular formula is C42H23NO9. The minimum absolute atomic E-state index is 0.0415. The van der Waals surface area contributed by atoms with Crippen LogP contribution in [0.2, 0.25) is 0 Å². The fourth-order valence-electron chi connectivity index (χ4n) is 6.72. The molecule has 1 atom stereocenters. The van der Waals surface area contributed by atoms with E-state index in [9.17, 15) is 29.1 Å². The number of benzene rings is 3. The molecule has 3 aromatic heterocycles. The minimum Gasteiger partial charge on any atom is -0.440 e. The maximum Gasteiger partial charge on any atom is 0.209 e. The standard InChI is InChI=1S/C42H23NO9/c44-37-25-7-1-2-8-26(25)38(45)31(37)19-22-13-16-34(50-22)43(35-17-14-23(51-35)20-32-39(46)27-9-3-4-10-28(27)40(32)47)36-18-15-24(52-36)21-33-41(48)29-11-5-6-12-30(29)42(33)49/h1-21,37,44H/b31-19-. The molecule has 6 aromatic rings. The Hall–Kier alpha value is -7.17. The average Bonchev–Trinajstić information content (AvgIpc) is 4.03. The van der Waals surface area contributed by atoms with Gasteiger partial charge in [-0.05, 0) is 42.0 Å². The third kappa shape index (κ3) is 4.81. The number of carbonyl (C=O) groups is 5. The van der Waals surface area contributed by atoms with E-state index in [0.29, 0.717) is 33.4 Å². The number of furan rings is 3. The minimum atomic E-state index is -1.13. The topological polar surface area (TPSA) is 148 Å². The molecule has 3 aromatic carbocycles. The van der Waals surface area contributed by atoms with Gasteiger partial charge in [0.15, 0.2) is 28.9 Å². The third-order valence-electron chi connectivity index (χ3n) is 9.24. The molecule has 1 N–H and O–H groups in total. The highest BCUT2D eigenvalue weighted by molar-refractivity contribution is 6.42. The van der Waals surface area contributed by atoms with E-state index >= 15 is 0 Å². The molecule has 0 amide bonds. The number of rotatable bonds is 6. The van der Waals surface area contributed by atoms with Gasteiger partial charge in [-0.15, -0.1) is 0 Å². The van der Waals surface area contributed by atoms with Crippen molar-refractivity contribution in [3.8, 4) is 0 Å². The van der Waals surface area contributed by atoms with Crippen LogP contribution in [0.1, 0.15) is 80.7 Å². The van der Waals surface area contributed by atoms with Crippen molar-refractivity contribution in [1.82, 2.24) is 0 Å². The predicted octanol–water partition coefficient (Wildman–Crippen LogP) is 8.17. The molecule has 0 bridgehead atoms. The molecule has 10 heteroatoms. The summed E-state index contributed by atoms with van der Waals surface area (Å²) in [6.07, 6.45) is 3.09. The Bertz CT molecular complexity index is 2460. The quantitative estimate of drug-likeness (QED) is 0.134. The van der Waals surface area contributed by atoms with Gasteiger partial charge in [-0.1, -0.05) is 72.8 Å². The van der Waals surface area contributed by atoms with Gasteiger partial charge in [0.25, 0.3) is 0 Å². The van der Waals surface area contributed by atoms with Gasteiger partial charge in [0.2, 0.25) is 17.7 Å². The van der Waals surface area contributed by atoms with Crippen molar-refractivity contribution in [3.63, 3.8) is 0 Å². The summed E-state index contributed by atoms with van der Waals surface area (Å²) in [5.41, 5.74) is 2.25. The molecule has 3 aliphatic carbocycles. The summed E-state index contributed by atoms with van der Waals surface area (Å²) >= 11 is 0. The van der Waals surface area contributed by atoms with E-state index in [1.807, 2.05) is 0 Å². The predicted molar refractivity (Wildman–Crippen MR) is 188 cm³/mol. The van der Waals surface area contributed by atoms with Gasteiger partial charge >= 0.3 is 0 Å². The Morgan fingerprint density at radius 2 is 0.808 bits per heavy atom. The first kappa shape index (κ1) is 30.9. The molecule has 250 valence electrons. The van der Waals surface area contributed by atoms with Crippen LogP contribution in [0.4, 0.5) is 17.7 Å². The first-order chi connectivity index (χ1) is 25.3. The zero-order chi connectivity index (χ0) is 35.7. The van der Waals surface area contributed by atoms with Gasteiger partial charge in [0.1, 0.15) is 23.4 Å². The Morgan fingerprint density at radius 3 is 1.21 bits per heavy atom. The number of Topliss-reactive ketones (excluding diaryl/α,β-unsaturated/α-hetero) is 5. The van der Waals surface area contributed by atoms with Gasteiger partial charge in [0, 0.05) is 51.6 Å². The summed E-state index contributed by atoms with van der Waals surface area (Å²) in [5, 5.41) is 10.9. The van der Waals surface area contributed by atoms with E-state index in [1.165, 1.54) is 23.1 Å². The normalized spacial score (nSPS) is 16.9. The van der Waals surface area contributed by atoms with Gasteiger partial charge in [0.05, 0.1) is 11.1 Å². The van der Waals surface area contributed by atoms with Crippen LogP contribution in [-0.4, -0.2) is 34.0 Å². The van der Waals surface area contributed by atoms with Crippen molar-refractivity contribution in [2.24, 2.45) is 0 Å². The van der Waals surface area contributed by atoms with E-state index in [-0.39, 0.29) is 57.4 Å². The van der Waals surface area contributed by atoms with Crippen LogP contribution in [0, 0.1) is 0 Å². The highest BCUT2D eigenvalue weighted by Gasteiger charge is 2.35. The lowest BCUT2D eigenvalue weighted by atomic mass is 10.1. The first-order valence-corrected chi connectivity index (χ1v) is 16.2. The van der Waals surface area contributed by atoms with Crippen LogP contribution in [0.3, 0.4) is 0 Å². The summed E-state index contributed by atoms with van der Waals surface area (Å²) < 4.78 is 18.5. The molecule has 0 fully saturated rings. The van der Waals surface area contributed by atoms with Crippen molar-refractivity contribution >= 4 is 64.8 Å². The lowest BCUT2D eigenvalue weighted by Gasteiger charge is -2.16. The fourth-order valence-corrected chi connectivity index (χ4v) is 6.72. The average molecular weight is 686 g/mol. The molecule has 0 saturated carbocycles. The highest BCUT2D eigenvalue weighted by Crippen LogP contribution is 2.41. The molecule has 3 heterocycles. The van der Waals surface area contributed by atoms with Crippen molar-refractivity contribution in [3.05, 3.63) is 177 Å². The van der Waals surface area contributed by atoms with Crippen LogP contribution < -0.4 is 4.90 Å². The van der Waals surface area contributed by atoms with Gasteiger partial charge in [-0.3, -0.25) is 24.0 Å². The molecule has 9 rings (SSSR count). The number of ketones is 5. The van der Waals surface area contributed by atoms with Crippen LogP contribution in [-0.2, 0) is 0 Å². The molecule has 0 saturated heterocycles. The third-order valence-corrected chi connectivity index (χ3v) is 9.24. The Balaban J connectivity index is 1.09. The number of allylic oxidation sites excluding steroid dienone is 2. The van der Waals surface area contributed by atoms with Crippen molar-refractivity contribution in [1.29, 1.82) is 0 Å². The van der Waals surface area contributed by atoms with Crippen LogP contribution >= 0.6 is 0 Å². The molecule has 0 spiro atoms. The van der Waals surface area contributed by atoms with Crippen molar-refractivity contribution in [2.45, 2.75) is 6.10 Å². The summed E-state index contributed by atoms with van der Waals surface area (Å²) in [7, 11) is 0. The monoisotopic (exact) mass is 685 g/mol. The lowest BCUT2D eigenvalue weighted by Crippen LogP contribution is -2.07. The van der Waals surface area contributed by atoms with Gasteiger partial charge in [-0.25, -0.2) is 4.90 Å². The van der Waals surface area contributed by atoms with Crippen LogP contribution in [0.15, 0.2) is 139 Å². The summed E-state index contributed by atoms with van der Waals surface area (Å²) in [6, 6.07) is 29.5. The summed E-state index contributed by atoms with van der Waals surface area (Å²) in [6.45, 7) is 0. The smallest absolute Gasteiger partial charge is 0.209 e. The van der Waals surface area contributed by atoms with Crippen LogP contribution in [0.25, 0.3) is 18.2 Å². The summed E-state index contributed by atoms with van der Waals surface area (Å²) in [5.74, 6) is -0.818. The number of fused-ring (bicyclic) bond motifs is 3. The molecule has 10 nitrogen and oxygen atoms in total. The Labute approximate surface area is 294 Å². The number of anilines is 3. The molecule has 1 unspecified atom stereocenters. The molecule has 0 radical (unpaired) electrons. The number of aliphatic hydroxyl groups is 1. The first-order valence-electron chi connectivity index (χ1n) is 16.2. The molecular weight excluding hydrogens is 662 g/mol. The second-order valence-electron chi connectivity index (χ2n) is 12.3. The lowest BCUT2D eigenvalue weighted by molar-refractivity contribution is 0.0974. The van der Waals surface area contributed by atoms with Crippen LogP contribution in [0.5, 0.6) is 0 Å². The van der Waals surface area contributed by atoms with Crippen molar-refractivity contribution < 1.29 is 42.3 Å².